The SMILES string of the molecule is CC(C)(C)c1ccc(N(C(=O)CCl)[C@@H](C(=O)NC2CCCCC2)c2cccnc2)cc1. The van der Waals surface area contributed by atoms with E-state index in [1.165, 1.54) is 11.3 Å². The molecular formula is C25H32ClN3O2. The van der Waals surface area contributed by atoms with Crippen LogP contribution >= 0.6 is 11.6 Å². The van der Waals surface area contributed by atoms with E-state index in [1.54, 1.807) is 18.5 Å². The molecule has 2 amide bonds. The second kappa shape index (κ2) is 10.3. The second-order valence-electron chi connectivity index (χ2n) is 9.23. The molecule has 1 aromatic heterocycles. The van der Waals surface area contributed by atoms with E-state index in [0.717, 1.165) is 31.2 Å². The molecule has 31 heavy (non-hydrogen) atoms. The summed E-state index contributed by atoms with van der Waals surface area (Å²) in [5, 5.41) is 3.18. The molecule has 1 aliphatic rings. The van der Waals surface area contributed by atoms with Gasteiger partial charge >= 0.3 is 0 Å². The highest BCUT2D eigenvalue weighted by molar-refractivity contribution is 6.29. The van der Waals surface area contributed by atoms with Crippen LogP contribution in [0.25, 0.3) is 0 Å². The normalized spacial score (nSPS) is 15.9. The van der Waals surface area contributed by atoms with Crippen LogP contribution in [-0.4, -0.2) is 28.7 Å². The van der Waals surface area contributed by atoms with Crippen molar-refractivity contribution in [3.05, 3.63) is 59.9 Å². The average molecular weight is 442 g/mol. The number of nitrogens with one attached hydrogen (secondary N) is 1. The molecule has 0 saturated heterocycles. The maximum atomic E-state index is 13.5. The molecule has 1 fully saturated rings. The predicted octanol–water partition coefficient (Wildman–Crippen LogP) is 5.14. The fourth-order valence-electron chi connectivity index (χ4n) is 4.11. The van der Waals surface area contributed by atoms with Crippen molar-refractivity contribution in [1.29, 1.82) is 0 Å². The van der Waals surface area contributed by atoms with Crippen molar-refractivity contribution in [2.75, 3.05) is 10.8 Å². The van der Waals surface area contributed by atoms with E-state index in [4.69, 9.17) is 11.6 Å². The lowest BCUT2D eigenvalue weighted by molar-refractivity contribution is -0.126. The van der Waals surface area contributed by atoms with Crippen LogP contribution in [0.1, 0.15) is 70.0 Å². The topological polar surface area (TPSA) is 62.3 Å². The van der Waals surface area contributed by atoms with E-state index >= 15 is 0 Å². The van der Waals surface area contributed by atoms with Gasteiger partial charge in [0.05, 0.1) is 0 Å². The van der Waals surface area contributed by atoms with E-state index in [2.05, 4.69) is 31.1 Å². The van der Waals surface area contributed by atoms with Gasteiger partial charge in [-0.15, -0.1) is 11.6 Å². The van der Waals surface area contributed by atoms with Gasteiger partial charge in [0.2, 0.25) is 11.8 Å². The summed E-state index contributed by atoms with van der Waals surface area (Å²) < 4.78 is 0. The van der Waals surface area contributed by atoms with Crippen molar-refractivity contribution >= 4 is 29.1 Å². The highest BCUT2D eigenvalue weighted by Gasteiger charge is 2.34. The number of rotatable bonds is 6. The Hall–Kier alpha value is -2.40. The number of benzene rings is 1. The van der Waals surface area contributed by atoms with Gasteiger partial charge in [0.15, 0.2) is 0 Å². The molecular weight excluding hydrogens is 410 g/mol. The van der Waals surface area contributed by atoms with Gasteiger partial charge < -0.3 is 5.32 Å². The van der Waals surface area contributed by atoms with Crippen molar-refractivity contribution in [2.24, 2.45) is 0 Å². The molecule has 0 bridgehead atoms. The average Bonchev–Trinajstić information content (AvgIpc) is 2.77. The van der Waals surface area contributed by atoms with Crippen molar-refractivity contribution < 1.29 is 9.59 Å². The quantitative estimate of drug-likeness (QED) is 0.631. The molecule has 5 nitrogen and oxygen atoms in total. The molecule has 0 unspecified atom stereocenters. The first-order valence-corrected chi connectivity index (χ1v) is 11.5. The van der Waals surface area contributed by atoms with E-state index in [-0.39, 0.29) is 29.2 Å². The van der Waals surface area contributed by atoms with Gasteiger partial charge in [-0.2, -0.15) is 0 Å². The van der Waals surface area contributed by atoms with Gasteiger partial charge in [-0.25, -0.2) is 0 Å². The van der Waals surface area contributed by atoms with E-state index in [1.807, 2.05) is 30.3 Å². The summed E-state index contributed by atoms with van der Waals surface area (Å²) in [5.41, 5.74) is 2.45. The largest absolute Gasteiger partial charge is 0.351 e. The summed E-state index contributed by atoms with van der Waals surface area (Å²) in [5.74, 6) is -0.731. The van der Waals surface area contributed by atoms with Crippen molar-refractivity contribution in [3.8, 4) is 0 Å². The number of carbonyl (C=O) groups excluding carboxylic acids is 2. The van der Waals surface area contributed by atoms with E-state index < -0.39 is 6.04 Å². The summed E-state index contributed by atoms with van der Waals surface area (Å²) in [7, 11) is 0. The molecule has 1 heterocycles. The number of pyridine rings is 1. The molecule has 1 N–H and O–H groups in total. The summed E-state index contributed by atoms with van der Waals surface area (Å²) in [6.45, 7) is 6.42. The van der Waals surface area contributed by atoms with Gasteiger partial charge in [-0.3, -0.25) is 19.5 Å². The van der Waals surface area contributed by atoms with Gasteiger partial charge in [0, 0.05) is 29.7 Å². The Labute approximate surface area is 190 Å². The van der Waals surface area contributed by atoms with Crippen LogP contribution in [0.5, 0.6) is 0 Å². The number of carbonyl (C=O) groups is 2. The zero-order valence-electron chi connectivity index (χ0n) is 18.6. The first kappa shape index (κ1) is 23.3. The van der Waals surface area contributed by atoms with Crippen molar-refractivity contribution in [2.45, 2.75) is 70.4 Å². The minimum Gasteiger partial charge on any atom is -0.351 e. The fraction of sp³-hybridized carbons (Fsp3) is 0.480. The molecule has 0 radical (unpaired) electrons. The zero-order valence-corrected chi connectivity index (χ0v) is 19.4. The number of amides is 2. The van der Waals surface area contributed by atoms with E-state index in [9.17, 15) is 9.59 Å². The Morgan fingerprint density at radius 2 is 1.81 bits per heavy atom. The van der Waals surface area contributed by atoms with Gasteiger partial charge in [-0.1, -0.05) is 58.2 Å². The third-order valence-corrected chi connectivity index (χ3v) is 6.08. The molecule has 0 spiro atoms. The second-order valence-corrected chi connectivity index (χ2v) is 9.49. The Kier molecular flexibility index (Phi) is 7.71. The van der Waals surface area contributed by atoms with Crippen LogP contribution in [0, 0.1) is 0 Å². The first-order valence-electron chi connectivity index (χ1n) is 11.0. The molecule has 2 aromatic rings. The third kappa shape index (κ3) is 5.85. The van der Waals surface area contributed by atoms with Crippen LogP contribution in [0.2, 0.25) is 0 Å². The van der Waals surface area contributed by atoms with Gasteiger partial charge in [0.25, 0.3) is 0 Å². The fourth-order valence-corrected chi connectivity index (χ4v) is 4.23. The van der Waals surface area contributed by atoms with Gasteiger partial charge in [-0.05, 0) is 42.0 Å². The number of aromatic nitrogens is 1. The Balaban J connectivity index is 1.99. The number of anilines is 1. The number of nitrogens with zero attached hydrogens (tertiary/aromatic N) is 2. The lowest BCUT2D eigenvalue weighted by Gasteiger charge is -2.33. The van der Waals surface area contributed by atoms with E-state index in [0.29, 0.717) is 11.3 Å². The monoisotopic (exact) mass is 441 g/mol. The minimum absolute atomic E-state index is 0.0129. The maximum Gasteiger partial charge on any atom is 0.248 e. The number of alkyl halides is 1. The summed E-state index contributed by atoms with van der Waals surface area (Å²) in [4.78, 5) is 32.2. The number of hydrogen-bond donors (Lipinski definition) is 1. The summed E-state index contributed by atoms with van der Waals surface area (Å²) in [6, 6.07) is 10.7. The Morgan fingerprint density at radius 3 is 2.35 bits per heavy atom. The highest BCUT2D eigenvalue weighted by Crippen LogP contribution is 2.31. The van der Waals surface area contributed by atoms with Crippen LogP contribution in [0.3, 0.4) is 0 Å². The minimum atomic E-state index is -0.831. The standard InChI is InChI=1S/C25H32ClN3O2/c1-25(2,3)19-11-13-21(14-12-19)29(22(30)16-26)23(18-8-7-15-27-17-18)24(31)28-20-9-5-4-6-10-20/h7-8,11-15,17,20,23H,4-6,9-10,16H2,1-3H3,(H,28,31)/t23-/m1/s1. The number of hydrogen-bond acceptors (Lipinski definition) is 3. The first-order chi connectivity index (χ1) is 14.8. The lowest BCUT2D eigenvalue weighted by atomic mass is 9.87. The summed E-state index contributed by atoms with van der Waals surface area (Å²) in [6.07, 6.45) is 8.66. The number of halogens is 1. The molecule has 166 valence electrons. The zero-order chi connectivity index (χ0) is 22.4. The van der Waals surface area contributed by atoms with Crippen molar-refractivity contribution in [3.63, 3.8) is 0 Å². The van der Waals surface area contributed by atoms with Crippen LogP contribution in [0.15, 0.2) is 48.8 Å². The predicted molar refractivity (Wildman–Crippen MR) is 125 cm³/mol. The molecule has 1 atom stereocenters. The van der Waals surface area contributed by atoms with Crippen LogP contribution in [0.4, 0.5) is 5.69 Å². The van der Waals surface area contributed by atoms with Crippen LogP contribution in [-0.2, 0) is 15.0 Å². The molecule has 3 rings (SSSR count). The molecule has 0 aliphatic heterocycles. The summed E-state index contributed by atoms with van der Waals surface area (Å²) >= 11 is 5.99. The molecule has 1 aliphatic carbocycles. The van der Waals surface area contributed by atoms with Crippen molar-refractivity contribution in [1.82, 2.24) is 10.3 Å². The van der Waals surface area contributed by atoms with Crippen LogP contribution < -0.4 is 10.2 Å². The smallest absolute Gasteiger partial charge is 0.248 e. The molecule has 1 aromatic carbocycles. The van der Waals surface area contributed by atoms with Gasteiger partial charge in [0.1, 0.15) is 11.9 Å². The molecule has 1 saturated carbocycles. The lowest BCUT2D eigenvalue weighted by Crippen LogP contribution is -2.47. The third-order valence-electron chi connectivity index (χ3n) is 5.85. The Morgan fingerprint density at radius 1 is 1.13 bits per heavy atom. The highest BCUT2D eigenvalue weighted by atomic mass is 35.5. The Bertz CT molecular complexity index is 872. The maximum absolute atomic E-state index is 13.5. The molecule has 6 heteroatoms.